The van der Waals surface area contributed by atoms with E-state index >= 15 is 0 Å². The van der Waals surface area contributed by atoms with E-state index < -0.39 is 21.8 Å². The Morgan fingerprint density at radius 2 is 1.85 bits per heavy atom. The number of carbonyl (C=O) groups is 1. The van der Waals surface area contributed by atoms with Crippen molar-refractivity contribution in [1.29, 1.82) is 0 Å². The second-order valence-corrected chi connectivity index (χ2v) is 7.81. The molecule has 0 atom stereocenters. The molecule has 0 radical (unpaired) electrons. The highest BCUT2D eigenvalue weighted by molar-refractivity contribution is 7.92. The van der Waals surface area contributed by atoms with Crippen LogP contribution < -0.4 is 9.62 Å². The monoisotopic (exact) mass is 404 g/mol. The van der Waals surface area contributed by atoms with Gasteiger partial charge in [0.05, 0.1) is 27.6 Å². The standard InChI is InChI=1S/C16H12ClF3N2O3S/c1-22-14-5-3-11(6-9(14)7-15(22)23)26(24,25)21-13-8-10(16(18,19)20)2-4-12(13)17/h2-6,8,21H,7H2,1H3. The summed E-state index contributed by atoms with van der Waals surface area (Å²) in [4.78, 5) is 12.9. The van der Waals surface area contributed by atoms with Gasteiger partial charge in [-0.25, -0.2) is 8.42 Å². The molecule has 2 aromatic carbocycles. The van der Waals surface area contributed by atoms with E-state index in [1.54, 1.807) is 7.05 Å². The first-order chi connectivity index (χ1) is 12.0. The summed E-state index contributed by atoms with van der Waals surface area (Å²) in [5, 5.41) is -0.169. The molecule has 0 fully saturated rings. The average molecular weight is 405 g/mol. The molecule has 1 heterocycles. The Morgan fingerprint density at radius 1 is 1.15 bits per heavy atom. The van der Waals surface area contributed by atoms with Gasteiger partial charge in [0, 0.05) is 12.7 Å². The zero-order valence-corrected chi connectivity index (χ0v) is 14.8. The van der Waals surface area contributed by atoms with E-state index in [1.807, 2.05) is 0 Å². The van der Waals surface area contributed by atoms with E-state index in [0.717, 1.165) is 12.1 Å². The fraction of sp³-hybridized carbons (Fsp3) is 0.188. The predicted molar refractivity (Wildman–Crippen MR) is 90.8 cm³/mol. The lowest BCUT2D eigenvalue weighted by molar-refractivity contribution is -0.137. The van der Waals surface area contributed by atoms with E-state index in [-0.39, 0.29) is 27.9 Å². The maximum atomic E-state index is 12.8. The number of likely N-dealkylation sites (N-methyl/N-ethyl adjacent to an activating group) is 1. The van der Waals surface area contributed by atoms with Crippen LogP contribution in [0.2, 0.25) is 5.02 Å². The van der Waals surface area contributed by atoms with Crippen LogP contribution in [0.25, 0.3) is 0 Å². The third-order valence-electron chi connectivity index (χ3n) is 3.98. The first-order valence-corrected chi connectivity index (χ1v) is 9.14. The van der Waals surface area contributed by atoms with Crippen molar-refractivity contribution >= 4 is 38.9 Å². The number of amides is 1. The topological polar surface area (TPSA) is 66.5 Å². The molecule has 1 amide bonds. The third-order valence-corrected chi connectivity index (χ3v) is 5.67. The molecule has 0 spiro atoms. The van der Waals surface area contributed by atoms with Crippen LogP contribution in [0.4, 0.5) is 24.5 Å². The number of fused-ring (bicyclic) bond motifs is 1. The number of anilines is 2. The summed E-state index contributed by atoms with van der Waals surface area (Å²) in [6.45, 7) is 0. The fourth-order valence-electron chi connectivity index (χ4n) is 2.60. The lowest BCUT2D eigenvalue weighted by Crippen LogP contribution is -2.20. The molecule has 2 aromatic rings. The largest absolute Gasteiger partial charge is 0.416 e. The van der Waals surface area contributed by atoms with Gasteiger partial charge < -0.3 is 4.90 Å². The van der Waals surface area contributed by atoms with E-state index in [0.29, 0.717) is 17.3 Å². The Balaban J connectivity index is 1.96. The van der Waals surface area contributed by atoms with E-state index in [9.17, 15) is 26.4 Å². The van der Waals surface area contributed by atoms with Crippen molar-refractivity contribution in [2.75, 3.05) is 16.7 Å². The van der Waals surface area contributed by atoms with Crippen LogP contribution in [-0.2, 0) is 27.4 Å². The lowest BCUT2D eigenvalue weighted by Gasteiger charge is -2.14. The Hall–Kier alpha value is -2.26. The number of rotatable bonds is 3. The summed E-state index contributed by atoms with van der Waals surface area (Å²) >= 11 is 5.83. The molecule has 0 saturated carbocycles. The molecule has 0 aliphatic carbocycles. The maximum Gasteiger partial charge on any atom is 0.416 e. The Kier molecular flexibility index (Phi) is 4.40. The van der Waals surface area contributed by atoms with Crippen molar-refractivity contribution < 1.29 is 26.4 Å². The molecule has 3 rings (SSSR count). The minimum Gasteiger partial charge on any atom is -0.315 e. The Morgan fingerprint density at radius 3 is 2.50 bits per heavy atom. The van der Waals surface area contributed by atoms with Crippen LogP contribution in [0.15, 0.2) is 41.3 Å². The number of hydrogen-bond donors (Lipinski definition) is 1. The highest BCUT2D eigenvalue weighted by Crippen LogP contribution is 2.35. The van der Waals surface area contributed by atoms with E-state index in [2.05, 4.69) is 4.72 Å². The minimum atomic E-state index is -4.64. The van der Waals surface area contributed by atoms with Gasteiger partial charge in [0.1, 0.15) is 0 Å². The molecule has 5 nitrogen and oxygen atoms in total. The first-order valence-electron chi connectivity index (χ1n) is 7.28. The molecule has 0 unspecified atom stereocenters. The molecule has 0 saturated heterocycles. The summed E-state index contributed by atoms with van der Waals surface area (Å²) in [5.41, 5.74) is -0.294. The van der Waals surface area contributed by atoms with Crippen molar-refractivity contribution in [1.82, 2.24) is 0 Å². The van der Waals surface area contributed by atoms with Crippen LogP contribution in [0.1, 0.15) is 11.1 Å². The molecule has 10 heteroatoms. The molecule has 0 bridgehead atoms. The van der Waals surface area contributed by atoms with Crippen molar-refractivity contribution in [2.45, 2.75) is 17.5 Å². The maximum absolute atomic E-state index is 12.8. The molecule has 138 valence electrons. The molecular formula is C16H12ClF3N2O3S. The van der Waals surface area contributed by atoms with Gasteiger partial charge in [-0.15, -0.1) is 0 Å². The van der Waals surface area contributed by atoms with Crippen LogP contribution in [0, 0.1) is 0 Å². The molecule has 1 N–H and O–H groups in total. The number of sulfonamides is 1. The van der Waals surface area contributed by atoms with Gasteiger partial charge >= 0.3 is 6.18 Å². The van der Waals surface area contributed by atoms with Gasteiger partial charge in [0.25, 0.3) is 10.0 Å². The minimum absolute atomic E-state index is 0.0551. The number of carbonyl (C=O) groups excluding carboxylic acids is 1. The van der Waals surface area contributed by atoms with Crippen molar-refractivity contribution in [3.05, 3.63) is 52.5 Å². The number of nitrogens with zero attached hydrogens (tertiary/aromatic N) is 1. The Bertz CT molecular complexity index is 1010. The van der Waals surface area contributed by atoms with Gasteiger partial charge in [-0.2, -0.15) is 13.2 Å². The molecule has 1 aliphatic heterocycles. The van der Waals surface area contributed by atoms with Crippen LogP contribution in [0.3, 0.4) is 0 Å². The van der Waals surface area contributed by atoms with Gasteiger partial charge in [0.15, 0.2) is 0 Å². The van der Waals surface area contributed by atoms with Gasteiger partial charge in [-0.1, -0.05) is 11.6 Å². The number of hydrogen-bond acceptors (Lipinski definition) is 3. The summed E-state index contributed by atoms with van der Waals surface area (Å²) in [7, 11) is -2.61. The van der Waals surface area contributed by atoms with Crippen molar-refractivity contribution in [2.24, 2.45) is 0 Å². The Labute approximate surface area is 152 Å². The number of nitrogens with one attached hydrogen (secondary N) is 1. The highest BCUT2D eigenvalue weighted by atomic mass is 35.5. The van der Waals surface area contributed by atoms with Crippen molar-refractivity contribution in [3.63, 3.8) is 0 Å². The van der Waals surface area contributed by atoms with Crippen LogP contribution in [-0.4, -0.2) is 21.4 Å². The quantitative estimate of drug-likeness (QED) is 0.848. The zero-order chi connectivity index (χ0) is 19.3. The molecule has 26 heavy (non-hydrogen) atoms. The summed E-state index contributed by atoms with van der Waals surface area (Å²) in [6, 6.07) is 6.43. The normalized spacial score (nSPS) is 14.5. The fourth-order valence-corrected chi connectivity index (χ4v) is 3.94. The summed E-state index contributed by atoms with van der Waals surface area (Å²) in [5.74, 6) is -0.177. The predicted octanol–water partition coefficient (Wildman–Crippen LogP) is 3.68. The summed E-state index contributed by atoms with van der Waals surface area (Å²) in [6.07, 6.45) is -4.58. The number of halogens is 4. The molecule has 0 aromatic heterocycles. The van der Waals surface area contributed by atoms with Crippen LogP contribution >= 0.6 is 11.6 Å². The zero-order valence-electron chi connectivity index (χ0n) is 13.3. The highest BCUT2D eigenvalue weighted by Gasteiger charge is 2.32. The first kappa shape index (κ1) is 18.5. The lowest BCUT2D eigenvalue weighted by atomic mass is 10.2. The summed E-state index contributed by atoms with van der Waals surface area (Å²) < 4.78 is 65.6. The van der Waals surface area contributed by atoms with E-state index in [4.69, 9.17) is 11.6 Å². The SMILES string of the molecule is CN1C(=O)Cc2cc(S(=O)(=O)Nc3cc(C(F)(F)F)ccc3Cl)ccc21. The molecular weight excluding hydrogens is 393 g/mol. The second kappa shape index (κ2) is 6.17. The van der Waals surface area contributed by atoms with Gasteiger partial charge in [-0.3, -0.25) is 9.52 Å². The third kappa shape index (κ3) is 3.36. The van der Waals surface area contributed by atoms with Gasteiger partial charge in [-0.05, 0) is 42.0 Å². The average Bonchev–Trinajstić information content (AvgIpc) is 2.82. The van der Waals surface area contributed by atoms with Gasteiger partial charge in [0.2, 0.25) is 5.91 Å². The van der Waals surface area contributed by atoms with E-state index in [1.165, 1.54) is 23.1 Å². The number of benzene rings is 2. The van der Waals surface area contributed by atoms with Crippen molar-refractivity contribution in [3.8, 4) is 0 Å². The molecule has 1 aliphatic rings. The number of alkyl halides is 3. The smallest absolute Gasteiger partial charge is 0.315 e. The second-order valence-electron chi connectivity index (χ2n) is 5.72. The van der Waals surface area contributed by atoms with Crippen LogP contribution in [0.5, 0.6) is 0 Å².